The van der Waals surface area contributed by atoms with Crippen LogP contribution in [0.3, 0.4) is 0 Å². The summed E-state index contributed by atoms with van der Waals surface area (Å²) in [4.78, 5) is 11.2. The Morgan fingerprint density at radius 1 is 1.03 bits per heavy atom. The van der Waals surface area contributed by atoms with E-state index in [9.17, 15) is 0 Å². The highest BCUT2D eigenvalue weighted by Crippen LogP contribution is 2.41. The van der Waals surface area contributed by atoms with Crippen molar-refractivity contribution in [3.8, 4) is 34.5 Å². The van der Waals surface area contributed by atoms with E-state index in [4.69, 9.17) is 28.2 Å². The molecule has 0 saturated heterocycles. The molecule has 0 bridgehead atoms. The van der Waals surface area contributed by atoms with Crippen LogP contribution in [-0.4, -0.2) is 75.2 Å². The van der Waals surface area contributed by atoms with Crippen LogP contribution in [0.1, 0.15) is 12.3 Å². The van der Waals surface area contributed by atoms with Crippen molar-refractivity contribution >= 4 is 18.0 Å². The second-order valence-electron chi connectivity index (χ2n) is 7.80. The van der Waals surface area contributed by atoms with Gasteiger partial charge in [-0.3, -0.25) is 4.79 Å². The number of methoxy groups -OCH3 is 2. The minimum absolute atomic E-state index is 0.405. The van der Waals surface area contributed by atoms with Gasteiger partial charge >= 0.3 is 0 Å². The Bertz CT molecular complexity index is 1040. The fraction of sp³-hybridized carbons (Fsp3) is 0.370. The highest BCUT2D eigenvalue weighted by molar-refractivity contribution is 7.98. The predicted octanol–water partition coefficient (Wildman–Crippen LogP) is 4.77. The first-order chi connectivity index (χ1) is 18.0. The molecule has 2 aromatic carbocycles. The van der Waals surface area contributed by atoms with E-state index in [0.717, 1.165) is 24.5 Å². The van der Waals surface area contributed by atoms with Crippen molar-refractivity contribution in [2.45, 2.75) is 12.2 Å². The first kappa shape index (κ1) is 29.7. The summed E-state index contributed by atoms with van der Waals surface area (Å²) in [5.41, 5.74) is 0.709. The molecule has 0 saturated carbocycles. The minimum atomic E-state index is 0.405. The van der Waals surface area contributed by atoms with E-state index in [1.807, 2.05) is 56.6 Å². The number of aromatic nitrogens is 2. The van der Waals surface area contributed by atoms with Crippen LogP contribution in [-0.2, 0) is 10.5 Å². The molecule has 1 aromatic heterocycles. The van der Waals surface area contributed by atoms with Crippen LogP contribution in [0, 0.1) is 0 Å². The van der Waals surface area contributed by atoms with Crippen LogP contribution in [0.5, 0.6) is 23.0 Å². The highest BCUT2D eigenvalue weighted by Gasteiger charge is 2.18. The lowest BCUT2D eigenvalue weighted by atomic mass is 10.2. The standard InChI is InChI=1S/C24H31N3O5S.C3H4O/c1-27(2)11-8-12-31-23-20(28-3)15-18(16-21(23)29-4)24-26-25-22(32-24)17-33-14-13-30-19-9-6-5-7-10-19;1-2-3-4/h5-7,9-10,15-16H,8,11-14,17H2,1-4H3;2-3H,1H2. The molecule has 0 atom stereocenters. The third kappa shape index (κ3) is 10.6. The van der Waals surface area contributed by atoms with Gasteiger partial charge in [-0.15, -0.1) is 22.0 Å². The summed E-state index contributed by atoms with van der Waals surface area (Å²) in [5.74, 6) is 4.92. The van der Waals surface area contributed by atoms with Gasteiger partial charge in [-0.2, -0.15) is 0 Å². The van der Waals surface area contributed by atoms with Crippen LogP contribution in [0.4, 0.5) is 0 Å². The van der Waals surface area contributed by atoms with Crippen molar-refractivity contribution in [2.75, 3.05) is 53.8 Å². The van der Waals surface area contributed by atoms with Gasteiger partial charge in [0.2, 0.25) is 17.5 Å². The van der Waals surface area contributed by atoms with Gasteiger partial charge in [-0.1, -0.05) is 24.8 Å². The molecule has 0 radical (unpaired) electrons. The first-order valence-corrected chi connectivity index (χ1v) is 12.9. The topological polar surface area (TPSA) is 96.2 Å². The average molecular weight is 530 g/mol. The lowest BCUT2D eigenvalue weighted by Crippen LogP contribution is -2.15. The van der Waals surface area contributed by atoms with Gasteiger partial charge < -0.3 is 28.3 Å². The third-order valence-electron chi connectivity index (χ3n) is 4.73. The number of carbonyl (C=O) groups excluding carboxylic acids is 1. The van der Waals surface area contributed by atoms with E-state index in [1.165, 1.54) is 6.08 Å². The van der Waals surface area contributed by atoms with Crippen LogP contribution < -0.4 is 18.9 Å². The maximum Gasteiger partial charge on any atom is 0.248 e. The number of allylic oxidation sites excluding steroid dienone is 1. The average Bonchev–Trinajstić information content (AvgIpc) is 3.40. The van der Waals surface area contributed by atoms with Gasteiger partial charge in [-0.05, 0) is 50.9 Å². The molecule has 0 aliphatic heterocycles. The summed E-state index contributed by atoms with van der Waals surface area (Å²) in [5, 5.41) is 8.35. The van der Waals surface area contributed by atoms with Crippen LogP contribution in [0.15, 0.2) is 59.5 Å². The van der Waals surface area contributed by atoms with Crippen molar-refractivity contribution in [3.63, 3.8) is 0 Å². The Labute approximate surface area is 222 Å². The molecule has 0 unspecified atom stereocenters. The molecule has 9 nitrogen and oxygen atoms in total. The highest BCUT2D eigenvalue weighted by atomic mass is 32.2. The van der Waals surface area contributed by atoms with E-state index < -0.39 is 0 Å². The Balaban J connectivity index is 0.00000112. The Morgan fingerprint density at radius 3 is 2.30 bits per heavy atom. The zero-order valence-electron chi connectivity index (χ0n) is 21.8. The third-order valence-corrected chi connectivity index (χ3v) is 5.64. The molecule has 0 aliphatic rings. The largest absolute Gasteiger partial charge is 0.493 e. The van der Waals surface area contributed by atoms with E-state index in [1.54, 1.807) is 26.0 Å². The monoisotopic (exact) mass is 529 g/mol. The number of aldehydes is 1. The van der Waals surface area contributed by atoms with Crippen molar-refractivity contribution in [1.29, 1.82) is 0 Å². The summed E-state index contributed by atoms with van der Waals surface area (Å²) in [6.45, 7) is 5.21. The van der Waals surface area contributed by atoms with Crippen LogP contribution >= 0.6 is 11.8 Å². The number of para-hydroxylation sites is 1. The number of benzene rings is 2. The molecule has 37 heavy (non-hydrogen) atoms. The second-order valence-corrected chi connectivity index (χ2v) is 8.91. The smallest absolute Gasteiger partial charge is 0.248 e. The van der Waals surface area contributed by atoms with Gasteiger partial charge in [0.1, 0.15) is 12.0 Å². The Kier molecular flexibility index (Phi) is 13.7. The van der Waals surface area contributed by atoms with E-state index in [0.29, 0.717) is 59.8 Å². The number of hydrogen-bond donors (Lipinski definition) is 0. The van der Waals surface area contributed by atoms with Crippen LogP contribution in [0.2, 0.25) is 0 Å². The predicted molar refractivity (Wildman–Crippen MR) is 146 cm³/mol. The fourth-order valence-electron chi connectivity index (χ4n) is 3.02. The molecule has 0 aliphatic carbocycles. The fourth-order valence-corrected chi connectivity index (χ4v) is 3.66. The molecule has 3 rings (SSSR count). The van der Waals surface area contributed by atoms with Crippen LogP contribution in [0.25, 0.3) is 11.5 Å². The van der Waals surface area contributed by atoms with Crippen molar-refractivity contribution < 1.29 is 28.2 Å². The number of ether oxygens (including phenoxy) is 4. The number of thioether (sulfide) groups is 1. The molecular formula is C27H35N3O6S. The summed E-state index contributed by atoms with van der Waals surface area (Å²) in [6, 6.07) is 13.4. The summed E-state index contributed by atoms with van der Waals surface area (Å²) < 4.78 is 28.6. The minimum Gasteiger partial charge on any atom is -0.493 e. The zero-order valence-corrected chi connectivity index (χ0v) is 22.7. The quantitative estimate of drug-likeness (QED) is 0.156. The van der Waals surface area contributed by atoms with Crippen molar-refractivity contribution in [2.24, 2.45) is 0 Å². The van der Waals surface area contributed by atoms with E-state index in [2.05, 4.69) is 21.7 Å². The summed E-state index contributed by atoms with van der Waals surface area (Å²) >= 11 is 1.67. The molecule has 0 spiro atoms. The van der Waals surface area contributed by atoms with Gasteiger partial charge in [0, 0.05) is 17.9 Å². The maximum atomic E-state index is 9.06. The molecule has 0 amide bonds. The Morgan fingerprint density at radius 2 is 1.70 bits per heavy atom. The molecule has 200 valence electrons. The number of nitrogens with zero attached hydrogens (tertiary/aromatic N) is 3. The van der Waals surface area contributed by atoms with Crippen molar-refractivity contribution in [3.05, 3.63) is 61.0 Å². The molecule has 0 N–H and O–H groups in total. The van der Waals surface area contributed by atoms with Gasteiger partial charge in [0.25, 0.3) is 0 Å². The van der Waals surface area contributed by atoms with E-state index >= 15 is 0 Å². The lowest BCUT2D eigenvalue weighted by Gasteiger charge is -2.16. The first-order valence-electron chi connectivity index (χ1n) is 11.7. The number of rotatable bonds is 15. The molecule has 1 heterocycles. The maximum absolute atomic E-state index is 9.06. The second kappa shape index (κ2) is 17.0. The molecular weight excluding hydrogens is 494 g/mol. The van der Waals surface area contributed by atoms with Gasteiger partial charge in [0.15, 0.2) is 11.5 Å². The molecule has 10 heteroatoms. The number of hydrogen-bond acceptors (Lipinski definition) is 10. The molecule has 0 fully saturated rings. The molecule has 3 aromatic rings. The van der Waals surface area contributed by atoms with Crippen molar-refractivity contribution in [1.82, 2.24) is 15.1 Å². The SMILES string of the molecule is C=CC=O.COc1cc(-c2nnc(CSCCOc3ccccc3)o2)cc(OC)c1OCCCN(C)C. The van der Waals surface area contributed by atoms with Gasteiger partial charge in [-0.25, -0.2) is 0 Å². The van der Waals surface area contributed by atoms with E-state index in [-0.39, 0.29) is 0 Å². The zero-order chi connectivity index (χ0) is 26.9. The van der Waals surface area contributed by atoms with Gasteiger partial charge in [0.05, 0.1) is 33.2 Å². The Hall–Kier alpha value is -3.50. The number of carbonyl (C=O) groups is 1. The lowest BCUT2D eigenvalue weighted by molar-refractivity contribution is -0.104. The summed E-state index contributed by atoms with van der Waals surface area (Å²) in [6.07, 6.45) is 2.72. The normalized spacial score (nSPS) is 10.3. The summed E-state index contributed by atoms with van der Waals surface area (Å²) in [7, 11) is 7.26.